The van der Waals surface area contributed by atoms with Crippen LogP contribution in [0.15, 0.2) is 16.8 Å². The highest BCUT2D eigenvalue weighted by molar-refractivity contribution is 7.07. The molecule has 0 aliphatic carbocycles. The molecule has 4 heteroatoms. The van der Waals surface area contributed by atoms with E-state index in [1.165, 1.54) is 5.56 Å². The standard InChI is InChI=1S/C12H19NO2S/c1-10-12(14,4-6-15-10)9-13-5-2-11-3-7-16-8-11/h3,7-8,10,13-14H,2,4-6,9H2,1H3. The van der Waals surface area contributed by atoms with E-state index in [4.69, 9.17) is 4.74 Å². The van der Waals surface area contributed by atoms with Crippen LogP contribution in [0.3, 0.4) is 0 Å². The second-order valence-corrected chi connectivity index (χ2v) is 5.21. The van der Waals surface area contributed by atoms with Crippen LogP contribution in [0.4, 0.5) is 0 Å². The van der Waals surface area contributed by atoms with Crippen molar-refractivity contribution in [2.75, 3.05) is 19.7 Å². The zero-order chi connectivity index (χ0) is 11.4. The Morgan fingerprint density at radius 2 is 2.56 bits per heavy atom. The molecule has 1 aliphatic heterocycles. The lowest BCUT2D eigenvalue weighted by Gasteiger charge is -2.26. The predicted molar refractivity (Wildman–Crippen MR) is 65.9 cm³/mol. The van der Waals surface area contributed by atoms with Crippen molar-refractivity contribution in [3.05, 3.63) is 22.4 Å². The zero-order valence-electron chi connectivity index (χ0n) is 9.61. The first-order valence-corrected chi connectivity index (χ1v) is 6.71. The van der Waals surface area contributed by atoms with Gasteiger partial charge in [0.05, 0.1) is 6.10 Å². The molecule has 90 valence electrons. The summed E-state index contributed by atoms with van der Waals surface area (Å²) in [7, 11) is 0. The molecule has 0 radical (unpaired) electrons. The predicted octanol–water partition coefficient (Wildman–Crippen LogP) is 1.42. The van der Waals surface area contributed by atoms with Gasteiger partial charge in [0.15, 0.2) is 0 Å². The average molecular weight is 241 g/mol. The Balaban J connectivity index is 1.68. The molecule has 1 fully saturated rings. The molecule has 3 nitrogen and oxygen atoms in total. The summed E-state index contributed by atoms with van der Waals surface area (Å²) in [6, 6.07) is 2.14. The zero-order valence-corrected chi connectivity index (χ0v) is 10.4. The van der Waals surface area contributed by atoms with Gasteiger partial charge in [0.25, 0.3) is 0 Å². The maximum absolute atomic E-state index is 10.2. The van der Waals surface area contributed by atoms with Crippen LogP contribution in [-0.4, -0.2) is 36.5 Å². The fourth-order valence-electron chi connectivity index (χ4n) is 1.98. The number of hydrogen-bond acceptors (Lipinski definition) is 4. The van der Waals surface area contributed by atoms with Gasteiger partial charge in [-0.05, 0) is 42.3 Å². The van der Waals surface area contributed by atoms with E-state index in [0.717, 1.165) is 19.4 Å². The summed E-state index contributed by atoms with van der Waals surface area (Å²) >= 11 is 1.73. The van der Waals surface area contributed by atoms with Crippen LogP contribution in [0.2, 0.25) is 0 Å². The maximum Gasteiger partial charge on any atom is 0.105 e. The molecule has 1 aliphatic rings. The minimum atomic E-state index is -0.672. The maximum atomic E-state index is 10.2. The molecule has 1 aromatic heterocycles. The van der Waals surface area contributed by atoms with E-state index < -0.39 is 5.60 Å². The van der Waals surface area contributed by atoms with Crippen LogP contribution in [0.25, 0.3) is 0 Å². The van der Waals surface area contributed by atoms with Crippen molar-refractivity contribution in [3.63, 3.8) is 0 Å². The summed E-state index contributed by atoms with van der Waals surface area (Å²) in [5.74, 6) is 0. The van der Waals surface area contributed by atoms with Crippen molar-refractivity contribution in [3.8, 4) is 0 Å². The first kappa shape index (κ1) is 12.0. The lowest BCUT2D eigenvalue weighted by Crippen LogP contribution is -2.46. The topological polar surface area (TPSA) is 41.5 Å². The van der Waals surface area contributed by atoms with Gasteiger partial charge in [-0.2, -0.15) is 11.3 Å². The monoisotopic (exact) mass is 241 g/mol. The Morgan fingerprint density at radius 1 is 1.69 bits per heavy atom. The van der Waals surface area contributed by atoms with Gasteiger partial charge in [-0.1, -0.05) is 0 Å². The molecule has 0 bridgehead atoms. The van der Waals surface area contributed by atoms with Gasteiger partial charge in [-0.15, -0.1) is 0 Å². The number of hydrogen-bond donors (Lipinski definition) is 2. The number of nitrogens with one attached hydrogen (secondary N) is 1. The number of aliphatic hydroxyl groups is 1. The van der Waals surface area contributed by atoms with Gasteiger partial charge in [0, 0.05) is 19.6 Å². The highest BCUT2D eigenvalue weighted by atomic mass is 32.1. The number of rotatable bonds is 5. The Morgan fingerprint density at radius 3 is 3.19 bits per heavy atom. The van der Waals surface area contributed by atoms with Gasteiger partial charge in [0.1, 0.15) is 5.60 Å². The molecule has 2 unspecified atom stereocenters. The second-order valence-electron chi connectivity index (χ2n) is 4.42. The smallest absolute Gasteiger partial charge is 0.105 e. The number of thiophene rings is 1. The largest absolute Gasteiger partial charge is 0.386 e. The van der Waals surface area contributed by atoms with Crippen molar-refractivity contribution < 1.29 is 9.84 Å². The first-order valence-electron chi connectivity index (χ1n) is 5.76. The molecule has 0 amide bonds. The highest BCUT2D eigenvalue weighted by Crippen LogP contribution is 2.24. The number of ether oxygens (including phenoxy) is 1. The van der Waals surface area contributed by atoms with Crippen molar-refractivity contribution in [1.29, 1.82) is 0 Å². The van der Waals surface area contributed by atoms with E-state index in [2.05, 4.69) is 22.1 Å². The summed E-state index contributed by atoms with van der Waals surface area (Å²) in [5.41, 5.74) is 0.689. The van der Waals surface area contributed by atoms with E-state index in [9.17, 15) is 5.11 Å². The van der Waals surface area contributed by atoms with Gasteiger partial charge >= 0.3 is 0 Å². The summed E-state index contributed by atoms with van der Waals surface area (Å²) < 4.78 is 5.38. The summed E-state index contributed by atoms with van der Waals surface area (Å²) in [6.07, 6.45) is 1.70. The molecule has 1 aromatic rings. The third kappa shape index (κ3) is 2.83. The van der Waals surface area contributed by atoms with Crippen LogP contribution >= 0.6 is 11.3 Å². The molecule has 2 heterocycles. The average Bonchev–Trinajstić information content (AvgIpc) is 2.86. The fraction of sp³-hybridized carbons (Fsp3) is 0.667. The molecule has 2 atom stereocenters. The van der Waals surface area contributed by atoms with Crippen LogP contribution in [0, 0.1) is 0 Å². The molecule has 2 rings (SSSR count). The summed E-state index contributed by atoms with van der Waals surface area (Å²) in [6.45, 7) is 4.14. The van der Waals surface area contributed by atoms with Crippen molar-refractivity contribution in [1.82, 2.24) is 5.32 Å². The minimum absolute atomic E-state index is 0.0545. The Labute approximate surface area is 100 Å². The molecular formula is C12H19NO2S. The van der Waals surface area contributed by atoms with Gasteiger partial charge < -0.3 is 15.2 Å². The van der Waals surface area contributed by atoms with Gasteiger partial charge in [-0.3, -0.25) is 0 Å². The first-order chi connectivity index (χ1) is 7.71. The molecule has 16 heavy (non-hydrogen) atoms. The lowest BCUT2D eigenvalue weighted by atomic mass is 9.97. The third-order valence-corrected chi connectivity index (χ3v) is 3.99. The molecule has 1 saturated heterocycles. The quantitative estimate of drug-likeness (QED) is 0.766. The van der Waals surface area contributed by atoms with Crippen LogP contribution in [0.5, 0.6) is 0 Å². The van der Waals surface area contributed by atoms with Gasteiger partial charge in [-0.25, -0.2) is 0 Å². The molecule has 2 N–H and O–H groups in total. The van der Waals surface area contributed by atoms with Crippen LogP contribution in [-0.2, 0) is 11.2 Å². The summed E-state index contributed by atoms with van der Waals surface area (Å²) in [4.78, 5) is 0. The van der Waals surface area contributed by atoms with Crippen molar-refractivity contribution in [2.45, 2.75) is 31.5 Å². The van der Waals surface area contributed by atoms with Crippen LogP contribution in [0.1, 0.15) is 18.9 Å². The SMILES string of the molecule is CC1OCCC1(O)CNCCc1ccsc1. The van der Waals surface area contributed by atoms with Gasteiger partial charge in [0.2, 0.25) is 0 Å². The minimum Gasteiger partial charge on any atom is -0.386 e. The van der Waals surface area contributed by atoms with Crippen molar-refractivity contribution in [2.24, 2.45) is 0 Å². The summed E-state index contributed by atoms with van der Waals surface area (Å²) in [5, 5.41) is 17.8. The fourth-order valence-corrected chi connectivity index (χ4v) is 2.68. The van der Waals surface area contributed by atoms with E-state index >= 15 is 0 Å². The molecule has 0 spiro atoms. The Kier molecular flexibility index (Phi) is 3.97. The second kappa shape index (κ2) is 5.27. The molecule has 0 saturated carbocycles. The molecule has 0 aromatic carbocycles. The van der Waals surface area contributed by atoms with Crippen LogP contribution < -0.4 is 5.32 Å². The lowest BCUT2D eigenvalue weighted by molar-refractivity contribution is -0.0259. The van der Waals surface area contributed by atoms with Crippen molar-refractivity contribution >= 4 is 11.3 Å². The third-order valence-electron chi connectivity index (χ3n) is 3.26. The van der Waals surface area contributed by atoms with E-state index in [0.29, 0.717) is 13.2 Å². The van der Waals surface area contributed by atoms with E-state index in [1.807, 2.05) is 6.92 Å². The molecular weight excluding hydrogens is 222 g/mol. The van der Waals surface area contributed by atoms with E-state index in [-0.39, 0.29) is 6.10 Å². The Hall–Kier alpha value is -0.420. The van der Waals surface area contributed by atoms with E-state index in [1.54, 1.807) is 11.3 Å². The highest BCUT2D eigenvalue weighted by Gasteiger charge is 2.38. The normalized spacial score (nSPS) is 29.8. The Bertz CT molecular complexity index is 315.